The van der Waals surface area contributed by atoms with Gasteiger partial charge in [0.15, 0.2) is 0 Å². The van der Waals surface area contributed by atoms with E-state index in [0.717, 1.165) is 18.9 Å². The molecule has 0 saturated carbocycles. The highest BCUT2D eigenvalue weighted by molar-refractivity contribution is 5.80. The molecule has 1 rings (SSSR count). The minimum atomic E-state index is -0.603. The highest BCUT2D eigenvalue weighted by atomic mass is 16.5. The minimum absolute atomic E-state index is 0.181. The molecule has 0 aromatic carbocycles. The highest BCUT2D eigenvalue weighted by Crippen LogP contribution is 2.27. The van der Waals surface area contributed by atoms with E-state index in [2.05, 4.69) is 31.0 Å². The average molecular weight is 270 g/mol. The fourth-order valence-corrected chi connectivity index (χ4v) is 3.16. The minimum Gasteiger partial charge on any atom is -0.468 e. The number of hydrogen-bond acceptors (Lipinski definition) is 4. The molecule has 0 spiro atoms. The number of methoxy groups -OCH3 is 1. The Morgan fingerprint density at radius 1 is 1.47 bits per heavy atom. The maximum Gasteiger partial charge on any atom is 0.325 e. The summed E-state index contributed by atoms with van der Waals surface area (Å²) in [5.41, 5.74) is -0.603. The first-order valence-corrected chi connectivity index (χ1v) is 7.37. The van der Waals surface area contributed by atoms with Gasteiger partial charge in [-0.05, 0) is 53.0 Å². The molecule has 0 aromatic rings. The monoisotopic (exact) mass is 270 g/mol. The van der Waals surface area contributed by atoms with Crippen LogP contribution in [0.3, 0.4) is 0 Å². The van der Waals surface area contributed by atoms with Gasteiger partial charge in [0, 0.05) is 18.6 Å². The molecule has 1 saturated heterocycles. The van der Waals surface area contributed by atoms with Crippen molar-refractivity contribution in [2.24, 2.45) is 5.92 Å². The standard InChI is InChI=1S/C15H30N2O2/c1-11-7-8-12(2)17(10-11)13(3)9-15(4,16-5)14(18)19-6/h11-13,16H,7-10H2,1-6H3. The van der Waals surface area contributed by atoms with Gasteiger partial charge in [-0.15, -0.1) is 0 Å². The van der Waals surface area contributed by atoms with Gasteiger partial charge in [-0.1, -0.05) is 6.92 Å². The molecule has 0 radical (unpaired) electrons. The summed E-state index contributed by atoms with van der Waals surface area (Å²) in [6, 6.07) is 0.972. The first-order chi connectivity index (χ1) is 8.84. The molecular formula is C15H30N2O2. The van der Waals surface area contributed by atoms with E-state index in [4.69, 9.17) is 4.74 Å². The molecule has 4 nitrogen and oxygen atoms in total. The Morgan fingerprint density at radius 3 is 2.63 bits per heavy atom. The van der Waals surface area contributed by atoms with Gasteiger partial charge in [0.25, 0.3) is 0 Å². The van der Waals surface area contributed by atoms with Crippen molar-refractivity contribution in [3.63, 3.8) is 0 Å². The van der Waals surface area contributed by atoms with E-state index < -0.39 is 5.54 Å². The summed E-state index contributed by atoms with van der Waals surface area (Å²) >= 11 is 0. The molecule has 112 valence electrons. The van der Waals surface area contributed by atoms with Crippen LogP contribution in [0.15, 0.2) is 0 Å². The topological polar surface area (TPSA) is 41.6 Å². The van der Waals surface area contributed by atoms with Crippen LogP contribution in [0.2, 0.25) is 0 Å². The van der Waals surface area contributed by atoms with Crippen LogP contribution >= 0.6 is 0 Å². The van der Waals surface area contributed by atoms with Crippen LogP contribution in [-0.4, -0.2) is 49.2 Å². The number of likely N-dealkylation sites (tertiary alicyclic amines) is 1. The molecule has 0 aromatic heterocycles. The maximum atomic E-state index is 11.9. The van der Waals surface area contributed by atoms with Crippen LogP contribution in [0.1, 0.15) is 47.0 Å². The van der Waals surface area contributed by atoms with E-state index in [-0.39, 0.29) is 5.97 Å². The van der Waals surface area contributed by atoms with Gasteiger partial charge in [0.05, 0.1) is 7.11 Å². The number of nitrogens with zero attached hydrogens (tertiary/aromatic N) is 1. The average Bonchev–Trinajstić information content (AvgIpc) is 2.40. The van der Waals surface area contributed by atoms with Gasteiger partial charge in [-0.2, -0.15) is 0 Å². The fourth-order valence-electron chi connectivity index (χ4n) is 3.16. The van der Waals surface area contributed by atoms with Crippen molar-refractivity contribution in [3.8, 4) is 0 Å². The number of rotatable bonds is 5. The first kappa shape index (κ1) is 16.4. The molecule has 4 heteroatoms. The smallest absolute Gasteiger partial charge is 0.325 e. The fraction of sp³-hybridized carbons (Fsp3) is 0.933. The first-order valence-electron chi connectivity index (χ1n) is 7.37. The van der Waals surface area contributed by atoms with E-state index in [0.29, 0.717) is 12.1 Å². The van der Waals surface area contributed by atoms with Gasteiger partial charge >= 0.3 is 5.97 Å². The van der Waals surface area contributed by atoms with Gasteiger partial charge in [-0.25, -0.2) is 0 Å². The molecule has 4 atom stereocenters. The Bertz CT molecular complexity index is 309. The SMILES string of the molecule is CNC(C)(CC(C)N1CC(C)CCC1C)C(=O)OC. The molecule has 1 heterocycles. The van der Waals surface area contributed by atoms with Crippen molar-refractivity contribution in [1.29, 1.82) is 0 Å². The third-order valence-corrected chi connectivity index (χ3v) is 4.62. The van der Waals surface area contributed by atoms with Gasteiger partial charge in [0.2, 0.25) is 0 Å². The molecular weight excluding hydrogens is 240 g/mol. The summed E-state index contributed by atoms with van der Waals surface area (Å²) in [5, 5.41) is 3.12. The zero-order valence-electron chi connectivity index (χ0n) is 13.3. The summed E-state index contributed by atoms with van der Waals surface area (Å²) in [5.74, 6) is 0.567. The van der Waals surface area contributed by atoms with Gasteiger partial charge < -0.3 is 10.1 Å². The second kappa shape index (κ2) is 6.71. The van der Waals surface area contributed by atoms with E-state index in [1.807, 2.05) is 14.0 Å². The summed E-state index contributed by atoms with van der Waals surface area (Å²) in [6.45, 7) is 9.87. The lowest BCUT2D eigenvalue weighted by molar-refractivity contribution is -0.148. The zero-order valence-corrected chi connectivity index (χ0v) is 13.3. The Kier molecular flexibility index (Phi) is 5.81. The Hall–Kier alpha value is -0.610. The quantitative estimate of drug-likeness (QED) is 0.776. The maximum absolute atomic E-state index is 11.9. The van der Waals surface area contributed by atoms with Gasteiger partial charge in [-0.3, -0.25) is 9.69 Å². The lowest BCUT2D eigenvalue weighted by Crippen LogP contribution is -2.55. The second-order valence-corrected chi connectivity index (χ2v) is 6.36. The molecule has 19 heavy (non-hydrogen) atoms. The van der Waals surface area contributed by atoms with Crippen molar-refractivity contribution in [2.45, 2.75) is 64.6 Å². The number of carbonyl (C=O) groups excluding carboxylic acids is 1. The molecule has 0 bridgehead atoms. The largest absolute Gasteiger partial charge is 0.468 e. The predicted octanol–water partition coefficient (Wildman–Crippen LogP) is 2.04. The number of piperidine rings is 1. The molecule has 0 aliphatic carbocycles. The lowest BCUT2D eigenvalue weighted by atomic mass is 9.88. The Balaban J connectivity index is 2.71. The molecule has 1 fully saturated rings. The van der Waals surface area contributed by atoms with Crippen LogP contribution in [0.25, 0.3) is 0 Å². The Morgan fingerprint density at radius 2 is 2.11 bits per heavy atom. The summed E-state index contributed by atoms with van der Waals surface area (Å²) in [7, 11) is 3.28. The predicted molar refractivity (Wildman–Crippen MR) is 78.1 cm³/mol. The summed E-state index contributed by atoms with van der Waals surface area (Å²) < 4.78 is 4.92. The number of carbonyl (C=O) groups is 1. The lowest BCUT2D eigenvalue weighted by Gasteiger charge is -2.43. The van der Waals surface area contributed by atoms with E-state index in [1.54, 1.807) is 0 Å². The van der Waals surface area contributed by atoms with Crippen molar-refractivity contribution in [2.75, 3.05) is 20.7 Å². The number of likely N-dealkylation sites (N-methyl/N-ethyl adjacent to an activating group) is 1. The highest BCUT2D eigenvalue weighted by Gasteiger charge is 2.37. The third-order valence-electron chi connectivity index (χ3n) is 4.62. The number of nitrogens with one attached hydrogen (secondary N) is 1. The van der Waals surface area contributed by atoms with Gasteiger partial charge in [0.1, 0.15) is 5.54 Å². The second-order valence-electron chi connectivity index (χ2n) is 6.36. The number of esters is 1. The molecule has 0 amide bonds. The summed E-state index contributed by atoms with van der Waals surface area (Å²) in [4.78, 5) is 14.5. The summed E-state index contributed by atoms with van der Waals surface area (Å²) in [6.07, 6.45) is 3.33. The molecule has 4 unspecified atom stereocenters. The van der Waals surface area contributed by atoms with Crippen LogP contribution in [0.4, 0.5) is 0 Å². The molecule has 1 aliphatic heterocycles. The van der Waals surface area contributed by atoms with Crippen LogP contribution in [-0.2, 0) is 9.53 Å². The van der Waals surface area contributed by atoms with Crippen LogP contribution in [0.5, 0.6) is 0 Å². The van der Waals surface area contributed by atoms with Crippen molar-refractivity contribution in [3.05, 3.63) is 0 Å². The number of ether oxygens (including phenoxy) is 1. The van der Waals surface area contributed by atoms with E-state index >= 15 is 0 Å². The molecule has 1 aliphatic rings. The third kappa shape index (κ3) is 3.93. The van der Waals surface area contributed by atoms with E-state index in [9.17, 15) is 4.79 Å². The normalized spacial score (nSPS) is 29.6. The Labute approximate surface area is 117 Å². The van der Waals surface area contributed by atoms with Crippen molar-refractivity contribution < 1.29 is 9.53 Å². The number of hydrogen-bond donors (Lipinski definition) is 1. The molecule has 1 N–H and O–H groups in total. The van der Waals surface area contributed by atoms with Crippen LogP contribution in [0, 0.1) is 5.92 Å². The van der Waals surface area contributed by atoms with Crippen molar-refractivity contribution in [1.82, 2.24) is 10.2 Å². The van der Waals surface area contributed by atoms with Crippen LogP contribution < -0.4 is 5.32 Å². The van der Waals surface area contributed by atoms with Crippen molar-refractivity contribution >= 4 is 5.97 Å². The van der Waals surface area contributed by atoms with E-state index in [1.165, 1.54) is 20.0 Å². The zero-order chi connectivity index (χ0) is 14.6.